The van der Waals surface area contributed by atoms with Crippen LogP contribution in [-0.4, -0.2) is 17.6 Å². The highest BCUT2D eigenvalue weighted by Gasteiger charge is 2.26. The Morgan fingerprint density at radius 1 is 1.50 bits per heavy atom. The van der Waals surface area contributed by atoms with E-state index in [1.54, 1.807) is 19.1 Å². The Balaban J connectivity index is 1.64. The first-order chi connectivity index (χ1) is 9.58. The predicted octanol–water partition coefficient (Wildman–Crippen LogP) is 2.96. The number of furan rings is 1. The first-order valence-electron chi connectivity index (χ1n) is 7.61. The van der Waals surface area contributed by atoms with Crippen molar-refractivity contribution in [1.82, 2.24) is 5.32 Å². The number of carbonyl (C=O) groups excluding carboxylic acids is 1. The molecule has 4 heteroatoms. The summed E-state index contributed by atoms with van der Waals surface area (Å²) in [7, 11) is 0. The second kappa shape index (κ2) is 6.93. The van der Waals surface area contributed by atoms with Gasteiger partial charge in [-0.3, -0.25) is 4.79 Å². The molecule has 1 heterocycles. The summed E-state index contributed by atoms with van der Waals surface area (Å²) in [4.78, 5) is 11.8. The number of hydrogen-bond donors (Lipinski definition) is 2. The summed E-state index contributed by atoms with van der Waals surface area (Å²) in [5.41, 5.74) is -1.15. The minimum absolute atomic E-state index is 0.00910. The summed E-state index contributed by atoms with van der Waals surface area (Å²) in [5, 5.41) is 13.0. The van der Waals surface area contributed by atoms with Crippen molar-refractivity contribution in [2.75, 3.05) is 6.54 Å². The Kier molecular flexibility index (Phi) is 5.24. The lowest BCUT2D eigenvalue weighted by molar-refractivity contribution is -0.122. The first kappa shape index (κ1) is 15.1. The van der Waals surface area contributed by atoms with Crippen molar-refractivity contribution in [1.29, 1.82) is 0 Å². The monoisotopic (exact) mass is 279 g/mol. The van der Waals surface area contributed by atoms with Gasteiger partial charge in [-0.1, -0.05) is 25.7 Å². The van der Waals surface area contributed by atoms with Gasteiger partial charge in [-0.15, -0.1) is 0 Å². The maximum absolute atomic E-state index is 11.8. The molecule has 0 aliphatic heterocycles. The van der Waals surface area contributed by atoms with Crippen molar-refractivity contribution < 1.29 is 14.3 Å². The molecular weight excluding hydrogens is 254 g/mol. The largest absolute Gasteiger partial charge is 0.466 e. The van der Waals surface area contributed by atoms with Crippen LogP contribution in [0.3, 0.4) is 0 Å². The van der Waals surface area contributed by atoms with Crippen LogP contribution in [0.4, 0.5) is 0 Å². The lowest BCUT2D eigenvalue weighted by Gasteiger charge is -2.21. The highest BCUT2D eigenvalue weighted by Crippen LogP contribution is 2.28. The van der Waals surface area contributed by atoms with Crippen molar-refractivity contribution in [2.24, 2.45) is 5.92 Å². The number of rotatable bonds is 7. The molecule has 1 fully saturated rings. The average Bonchev–Trinajstić information content (AvgIpc) is 3.09. The molecule has 0 aromatic carbocycles. The smallest absolute Gasteiger partial charge is 0.220 e. The minimum atomic E-state index is -1.15. The van der Waals surface area contributed by atoms with E-state index in [-0.39, 0.29) is 12.5 Å². The van der Waals surface area contributed by atoms with Gasteiger partial charge < -0.3 is 14.8 Å². The number of hydrogen-bond acceptors (Lipinski definition) is 3. The van der Waals surface area contributed by atoms with Gasteiger partial charge in [-0.25, -0.2) is 0 Å². The zero-order chi connectivity index (χ0) is 14.4. The van der Waals surface area contributed by atoms with Crippen LogP contribution in [0.2, 0.25) is 0 Å². The predicted molar refractivity (Wildman–Crippen MR) is 77.1 cm³/mol. The second-order valence-corrected chi connectivity index (χ2v) is 6.07. The molecule has 1 aliphatic carbocycles. The fourth-order valence-corrected chi connectivity index (χ4v) is 2.88. The van der Waals surface area contributed by atoms with Gasteiger partial charge in [0.15, 0.2) is 0 Å². The van der Waals surface area contributed by atoms with Crippen molar-refractivity contribution >= 4 is 5.91 Å². The fourth-order valence-electron chi connectivity index (χ4n) is 2.88. The van der Waals surface area contributed by atoms with Gasteiger partial charge >= 0.3 is 0 Å². The number of carbonyl (C=O) groups is 1. The maximum Gasteiger partial charge on any atom is 0.220 e. The molecule has 1 saturated carbocycles. The molecule has 112 valence electrons. The Labute approximate surface area is 120 Å². The van der Waals surface area contributed by atoms with Crippen LogP contribution in [0.15, 0.2) is 22.8 Å². The second-order valence-electron chi connectivity index (χ2n) is 6.07. The summed E-state index contributed by atoms with van der Waals surface area (Å²) in [6, 6.07) is 3.44. The zero-order valence-electron chi connectivity index (χ0n) is 12.2. The van der Waals surface area contributed by atoms with Gasteiger partial charge in [0.2, 0.25) is 5.91 Å². The molecular formula is C16H25NO3. The van der Waals surface area contributed by atoms with Gasteiger partial charge in [-0.2, -0.15) is 0 Å². The summed E-state index contributed by atoms with van der Waals surface area (Å²) in [6.07, 6.45) is 9.52. The van der Waals surface area contributed by atoms with Crippen molar-refractivity contribution in [2.45, 2.75) is 57.5 Å². The van der Waals surface area contributed by atoms with E-state index in [4.69, 9.17) is 4.42 Å². The molecule has 2 N–H and O–H groups in total. The van der Waals surface area contributed by atoms with Crippen LogP contribution < -0.4 is 5.32 Å². The van der Waals surface area contributed by atoms with Crippen LogP contribution in [0.1, 0.15) is 57.6 Å². The first-order valence-corrected chi connectivity index (χ1v) is 7.61. The van der Waals surface area contributed by atoms with Gasteiger partial charge in [0.25, 0.3) is 0 Å². The third-order valence-electron chi connectivity index (χ3n) is 4.17. The summed E-state index contributed by atoms with van der Waals surface area (Å²) < 4.78 is 5.18. The quantitative estimate of drug-likeness (QED) is 0.806. The highest BCUT2D eigenvalue weighted by atomic mass is 16.4. The molecule has 1 aromatic heterocycles. The Bertz CT molecular complexity index is 405. The van der Waals surface area contributed by atoms with Crippen LogP contribution >= 0.6 is 0 Å². The van der Waals surface area contributed by atoms with Gasteiger partial charge in [0.1, 0.15) is 11.4 Å². The SMILES string of the molecule is CC(O)(CNC(=O)CCCC1CCCC1)c1ccco1. The number of amides is 1. The summed E-state index contributed by atoms with van der Waals surface area (Å²) >= 11 is 0. The van der Waals surface area contributed by atoms with E-state index in [1.165, 1.54) is 31.9 Å². The fraction of sp³-hybridized carbons (Fsp3) is 0.688. The minimum Gasteiger partial charge on any atom is -0.466 e. The lowest BCUT2D eigenvalue weighted by Crippen LogP contribution is -2.38. The van der Waals surface area contributed by atoms with Crippen LogP contribution in [0.5, 0.6) is 0 Å². The molecule has 1 aromatic rings. The number of nitrogens with one attached hydrogen (secondary N) is 1. The van der Waals surface area contributed by atoms with Crippen LogP contribution in [0.25, 0.3) is 0 Å². The van der Waals surface area contributed by atoms with Gasteiger partial charge in [0.05, 0.1) is 12.8 Å². The molecule has 0 bridgehead atoms. The van der Waals surface area contributed by atoms with Crippen molar-refractivity contribution in [3.63, 3.8) is 0 Å². The summed E-state index contributed by atoms with van der Waals surface area (Å²) in [6.45, 7) is 1.83. The van der Waals surface area contributed by atoms with E-state index in [0.29, 0.717) is 12.2 Å². The van der Waals surface area contributed by atoms with Crippen LogP contribution in [0, 0.1) is 5.92 Å². The molecule has 0 saturated heterocycles. The number of aliphatic hydroxyl groups is 1. The average molecular weight is 279 g/mol. The standard InChI is InChI=1S/C16H25NO3/c1-16(19,14-9-5-11-20-14)12-17-15(18)10-4-8-13-6-2-3-7-13/h5,9,11,13,19H,2-4,6-8,10,12H2,1H3,(H,17,18). The van der Waals surface area contributed by atoms with Crippen LogP contribution in [-0.2, 0) is 10.4 Å². The molecule has 1 amide bonds. The lowest BCUT2D eigenvalue weighted by atomic mass is 10.0. The molecule has 0 spiro atoms. The van der Waals surface area contributed by atoms with Gasteiger partial charge in [0, 0.05) is 6.42 Å². The molecule has 1 aliphatic rings. The van der Waals surface area contributed by atoms with E-state index >= 15 is 0 Å². The van der Waals surface area contributed by atoms with Crippen molar-refractivity contribution in [3.8, 4) is 0 Å². The highest BCUT2D eigenvalue weighted by molar-refractivity contribution is 5.75. The zero-order valence-corrected chi connectivity index (χ0v) is 12.2. The van der Waals surface area contributed by atoms with E-state index in [2.05, 4.69) is 5.32 Å². The Morgan fingerprint density at radius 2 is 2.25 bits per heavy atom. The normalized spacial score (nSPS) is 18.9. The maximum atomic E-state index is 11.8. The third kappa shape index (κ3) is 4.37. The van der Waals surface area contributed by atoms with Gasteiger partial charge in [-0.05, 0) is 37.8 Å². The molecule has 1 atom stereocenters. The third-order valence-corrected chi connectivity index (χ3v) is 4.17. The Hall–Kier alpha value is -1.29. The molecule has 20 heavy (non-hydrogen) atoms. The van der Waals surface area contributed by atoms with E-state index in [0.717, 1.165) is 18.8 Å². The molecule has 4 nitrogen and oxygen atoms in total. The topological polar surface area (TPSA) is 62.5 Å². The van der Waals surface area contributed by atoms with E-state index in [9.17, 15) is 9.90 Å². The molecule has 2 rings (SSSR count). The Morgan fingerprint density at radius 3 is 2.90 bits per heavy atom. The summed E-state index contributed by atoms with van der Waals surface area (Å²) in [5.74, 6) is 1.31. The molecule has 1 unspecified atom stereocenters. The van der Waals surface area contributed by atoms with E-state index < -0.39 is 5.60 Å². The van der Waals surface area contributed by atoms with E-state index in [1.807, 2.05) is 0 Å². The van der Waals surface area contributed by atoms with Crippen molar-refractivity contribution in [3.05, 3.63) is 24.2 Å². The molecule has 0 radical (unpaired) electrons.